The molecule has 1 saturated heterocycles. The molecular weight excluding hydrogens is 408 g/mol. The van der Waals surface area contributed by atoms with E-state index in [4.69, 9.17) is 0 Å². The molecule has 0 spiro atoms. The van der Waals surface area contributed by atoms with Gasteiger partial charge in [0.25, 0.3) is 0 Å². The zero-order valence-corrected chi connectivity index (χ0v) is 16.5. The second kappa shape index (κ2) is 6.91. The summed E-state index contributed by atoms with van der Waals surface area (Å²) >= 11 is 0.961. The van der Waals surface area contributed by atoms with E-state index in [1.165, 1.54) is 26.8 Å². The highest BCUT2D eigenvalue weighted by Gasteiger charge is 2.34. The summed E-state index contributed by atoms with van der Waals surface area (Å²) in [4.78, 5) is 0.313. The minimum absolute atomic E-state index is 0.0857. The van der Waals surface area contributed by atoms with E-state index in [1.54, 1.807) is 30.3 Å². The van der Waals surface area contributed by atoms with Crippen LogP contribution in [0.3, 0.4) is 0 Å². The highest BCUT2D eigenvalue weighted by atomic mass is 32.2. The van der Waals surface area contributed by atoms with Crippen LogP contribution in [0.4, 0.5) is 0 Å². The number of hydrogen-bond donors (Lipinski definition) is 0. The topological polar surface area (TPSA) is 101 Å². The summed E-state index contributed by atoms with van der Waals surface area (Å²) in [5.41, 5.74) is 0.883. The second-order valence-electron chi connectivity index (χ2n) is 6.01. The standard InChI is InChI=1S/C16H16N4O4S3/c21-26(22,13-5-2-1-3-6-13)19-9-11-20(12-10-19)27(23,24)15-8-4-7-14-16(15)18-25-17-14/h1-8H,9-12H2. The maximum Gasteiger partial charge on any atom is 0.245 e. The third-order valence-corrected chi connectivity index (χ3v) is 8.83. The maximum atomic E-state index is 13.0. The number of hydrogen-bond acceptors (Lipinski definition) is 7. The first-order chi connectivity index (χ1) is 12.9. The van der Waals surface area contributed by atoms with E-state index < -0.39 is 20.0 Å². The molecule has 0 atom stereocenters. The molecule has 3 aromatic rings. The Hall–Kier alpha value is -1.92. The Morgan fingerprint density at radius 1 is 0.741 bits per heavy atom. The van der Waals surface area contributed by atoms with Crippen LogP contribution in [-0.4, -0.2) is 60.4 Å². The number of nitrogens with zero attached hydrogens (tertiary/aromatic N) is 4. The van der Waals surface area contributed by atoms with Gasteiger partial charge in [-0.05, 0) is 24.3 Å². The normalized spacial score (nSPS) is 17.3. The molecule has 142 valence electrons. The van der Waals surface area contributed by atoms with Crippen molar-refractivity contribution >= 4 is 42.8 Å². The average molecular weight is 425 g/mol. The van der Waals surface area contributed by atoms with Crippen LogP contribution in [0.2, 0.25) is 0 Å². The number of aromatic nitrogens is 2. The van der Waals surface area contributed by atoms with Crippen LogP contribution in [0.15, 0.2) is 58.3 Å². The van der Waals surface area contributed by atoms with Crippen molar-refractivity contribution in [3.63, 3.8) is 0 Å². The number of benzene rings is 2. The first-order valence-corrected chi connectivity index (χ1v) is 11.8. The van der Waals surface area contributed by atoms with E-state index >= 15 is 0 Å². The fourth-order valence-electron chi connectivity index (χ4n) is 3.02. The van der Waals surface area contributed by atoms with Gasteiger partial charge in [-0.15, -0.1) is 0 Å². The molecular formula is C16H16N4O4S3. The van der Waals surface area contributed by atoms with Gasteiger partial charge < -0.3 is 0 Å². The first kappa shape index (κ1) is 18.4. The molecule has 8 nitrogen and oxygen atoms in total. The van der Waals surface area contributed by atoms with Crippen LogP contribution < -0.4 is 0 Å². The van der Waals surface area contributed by atoms with E-state index in [0.29, 0.717) is 11.0 Å². The summed E-state index contributed by atoms with van der Waals surface area (Å²) < 4.78 is 62.2. The van der Waals surface area contributed by atoms with Crippen LogP contribution in [0.5, 0.6) is 0 Å². The fourth-order valence-corrected chi connectivity index (χ4v) is 6.64. The zero-order valence-electron chi connectivity index (χ0n) is 14.1. The summed E-state index contributed by atoms with van der Waals surface area (Å²) in [7, 11) is -7.41. The Morgan fingerprint density at radius 3 is 2.04 bits per heavy atom. The molecule has 27 heavy (non-hydrogen) atoms. The number of sulfonamides is 2. The summed E-state index contributed by atoms with van der Waals surface area (Å²) in [6.45, 7) is 0.369. The SMILES string of the molecule is O=S(=O)(c1ccccc1)N1CCN(S(=O)(=O)c2cccc3nsnc23)CC1. The molecule has 0 bridgehead atoms. The van der Waals surface area contributed by atoms with Crippen molar-refractivity contribution in [2.24, 2.45) is 0 Å². The molecule has 0 aliphatic carbocycles. The molecule has 1 fully saturated rings. The quantitative estimate of drug-likeness (QED) is 0.627. The van der Waals surface area contributed by atoms with E-state index in [1.807, 2.05) is 0 Å². The van der Waals surface area contributed by atoms with Crippen molar-refractivity contribution in [3.05, 3.63) is 48.5 Å². The molecule has 0 radical (unpaired) electrons. The average Bonchev–Trinajstić information content (AvgIpc) is 3.17. The van der Waals surface area contributed by atoms with Crippen molar-refractivity contribution < 1.29 is 16.8 Å². The van der Waals surface area contributed by atoms with E-state index in [0.717, 1.165) is 11.7 Å². The van der Waals surface area contributed by atoms with Gasteiger partial charge in [-0.2, -0.15) is 17.4 Å². The summed E-state index contributed by atoms with van der Waals surface area (Å²) in [5.74, 6) is 0. The molecule has 0 N–H and O–H groups in total. The fraction of sp³-hybridized carbons (Fsp3) is 0.250. The molecule has 1 aliphatic heterocycles. The molecule has 4 rings (SSSR count). The Bertz CT molecular complexity index is 1170. The van der Waals surface area contributed by atoms with Gasteiger partial charge in [0.2, 0.25) is 20.0 Å². The molecule has 2 heterocycles. The summed E-state index contributed by atoms with van der Waals surface area (Å²) in [5, 5.41) is 0. The Morgan fingerprint density at radius 2 is 1.37 bits per heavy atom. The van der Waals surface area contributed by atoms with E-state index in [-0.39, 0.29) is 36.0 Å². The smallest absolute Gasteiger partial charge is 0.207 e. The van der Waals surface area contributed by atoms with Crippen molar-refractivity contribution in [3.8, 4) is 0 Å². The molecule has 0 saturated carbocycles. The Balaban J connectivity index is 1.56. The van der Waals surface area contributed by atoms with Crippen molar-refractivity contribution in [2.45, 2.75) is 9.79 Å². The van der Waals surface area contributed by atoms with E-state index in [2.05, 4.69) is 8.75 Å². The van der Waals surface area contributed by atoms with Gasteiger partial charge >= 0.3 is 0 Å². The van der Waals surface area contributed by atoms with Crippen LogP contribution in [0, 0.1) is 0 Å². The number of rotatable bonds is 4. The largest absolute Gasteiger partial charge is 0.245 e. The molecule has 0 amide bonds. The van der Waals surface area contributed by atoms with Crippen LogP contribution in [-0.2, 0) is 20.0 Å². The zero-order chi connectivity index (χ0) is 19.1. The highest BCUT2D eigenvalue weighted by molar-refractivity contribution is 7.89. The molecule has 1 aliphatic rings. The van der Waals surface area contributed by atoms with Crippen molar-refractivity contribution in [1.82, 2.24) is 17.4 Å². The predicted molar refractivity (Wildman–Crippen MR) is 101 cm³/mol. The van der Waals surface area contributed by atoms with Crippen LogP contribution in [0.25, 0.3) is 11.0 Å². The van der Waals surface area contributed by atoms with Crippen molar-refractivity contribution in [2.75, 3.05) is 26.2 Å². The summed E-state index contributed by atoms with van der Waals surface area (Å²) in [6.07, 6.45) is 0. The second-order valence-corrected chi connectivity index (χ2v) is 10.4. The molecule has 0 unspecified atom stereocenters. The lowest BCUT2D eigenvalue weighted by Gasteiger charge is -2.33. The molecule has 11 heteroatoms. The molecule has 2 aromatic carbocycles. The number of fused-ring (bicyclic) bond motifs is 1. The minimum Gasteiger partial charge on any atom is -0.207 e. The Kier molecular flexibility index (Phi) is 4.72. The number of piperazine rings is 1. The molecule has 1 aromatic heterocycles. The van der Waals surface area contributed by atoms with Gasteiger partial charge in [0.1, 0.15) is 15.9 Å². The maximum absolute atomic E-state index is 13.0. The lowest BCUT2D eigenvalue weighted by atomic mass is 10.3. The monoisotopic (exact) mass is 424 g/mol. The van der Waals surface area contributed by atoms with Gasteiger partial charge in [-0.25, -0.2) is 16.8 Å². The third-order valence-electron chi connectivity index (χ3n) is 4.45. The van der Waals surface area contributed by atoms with Gasteiger partial charge in [0.15, 0.2) is 0 Å². The van der Waals surface area contributed by atoms with Gasteiger partial charge in [0, 0.05) is 26.2 Å². The minimum atomic E-state index is -3.78. The van der Waals surface area contributed by atoms with Crippen molar-refractivity contribution in [1.29, 1.82) is 0 Å². The third kappa shape index (κ3) is 3.25. The van der Waals surface area contributed by atoms with Crippen LogP contribution >= 0.6 is 11.7 Å². The lowest BCUT2D eigenvalue weighted by Crippen LogP contribution is -2.50. The highest BCUT2D eigenvalue weighted by Crippen LogP contribution is 2.26. The van der Waals surface area contributed by atoms with Gasteiger partial charge in [0.05, 0.1) is 16.6 Å². The van der Waals surface area contributed by atoms with Crippen LogP contribution in [0.1, 0.15) is 0 Å². The van der Waals surface area contributed by atoms with Gasteiger partial charge in [-0.1, -0.05) is 24.3 Å². The predicted octanol–water partition coefficient (Wildman–Crippen LogP) is 1.39. The first-order valence-electron chi connectivity index (χ1n) is 8.17. The summed E-state index contributed by atoms with van der Waals surface area (Å²) in [6, 6.07) is 13.0. The Labute approximate surface area is 161 Å². The van der Waals surface area contributed by atoms with E-state index in [9.17, 15) is 16.8 Å². The lowest BCUT2D eigenvalue weighted by molar-refractivity contribution is 0.273. The van der Waals surface area contributed by atoms with Gasteiger partial charge in [-0.3, -0.25) is 0 Å².